The minimum Gasteiger partial charge on any atom is -0.299 e. The molecule has 5 rings (SSSR count). The van der Waals surface area contributed by atoms with E-state index >= 15 is 0 Å². The van der Waals surface area contributed by atoms with Crippen LogP contribution in [0.2, 0.25) is 0 Å². The third-order valence-electron chi connectivity index (χ3n) is 6.77. The summed E-state index contributed by atoms with van der Waals surface area (Å²) >= 11 is 0. The molecule has 3 aliphatic carbocycles. The van der Waals surface area contributed by atoms with E-state index in [2.05, 4.69) is 11.1 Å². The van der Waals surface area contributed by atoms with E-state index in [0.717, 1.165) is 35.2 Å². The average Bonchev–Trinajstić information content (AvgIpc) is 3.00. The number of hydrogen-bond acceptors (Lipinski definition) is 3. The number of carbonyl (C=O) groups excluding carboxylic acids is 2. The van der Waals surface area contributed by atoms with Crippen LogP contribution >= 0.6 is 0 Å². The van der Waals surface area contributed by atoms with Gasteiger partial charge in [0.25, 0.3) is 0 Å². The number of nitrogens with zero attached hydrogens (tertiary/aromatic N) is 1. The van der Waals surface area contributed by atoms with Gasteiger partial charge in [0.15, 0.2) is 0 Å². The predicted octanol–water partition coefficient (Wildman–Crippen LogP) is 4.17. The number of rotatable bonds is 0. The minimum atomic E-state index is -0.846. The molecule has 1 aromatic carbocycles. The molecule has 1 aromatic heterocycles. The molecule has 26 heavy (non-hydrogen) atoms. The molecule has 0 radical (unpaired) electrons. The smallest absolute Gasteiger partial charge is 0.146 e. The SMILES string of the molecule is O=C1CCC[C@]12CC1(CCC2=O)Cc2cccnc2-c2ccc(F)cc21. The normalized spacial score (nSPS) is 29.9. The average molecular weight is 349 g/mol. The Hall–Kier alpha value is -2.36. The van der Waals surface area contributed by atoms with Crippen molar-refractivity contribution in [3.63, 3.8) is 0 Å². The summed E-state index contributed by atoms with van der Waals surface area (Å²) < 4.78 is 14.2. The lowest BCUT2D eigenvalue weighted by Gasteiger charge is -2.48. The molecule has 132 valence electrons. The van der Waals surface area contributed by atoms with Gasteiger partial charge in [-0.2, -0.15) is 0 Å². The van der Waals surface area contributed by atoms with Crippen molar-refractivity contribution in [2.24, 2.45) is 5.41 Å². The van der Waals surface area contributed by atoms with Crippen LogP contribution in [0.1, 0.15) is 49.7 Å². The summed E-state index contributed by atoms with van der Waals surface area (Å²) in [4.78, 5) is 30.0. The lowest BCUT2D eigenvalue weighted by Crippen LogP contribution is -2.49. The van der Waals surface area contributed by atoms with Crippen LogP contribution in [0.5, 0.6) is 0 Å². The van der Waals surface area contributed by atoms with Crippen LogP contribution in [0.4, 0.5) is 4.39 Å². The van der Waals surface area contributed by atoms with Crippen LogP contribution in [0.3, 0.4) is 0 Å². The molecule has 2 atom stereocenters. The third kappa shape index (κ3) is 2.01. The summed E-state index contributed by atoms with van der Waals surface area (Å²) in [5, 5.41) is 0. The number of hydrogen-bond donors (Lipinski definition) is 0. The fourth-order valence-corrected chi connectivity index (χ4v) is 5.59. The molecule has 0 bridgehead atoms. The zero-order valence-electron chi connectivity index (χ0n) is 14.6. The topological polar surface area (TPSA) is 47.0 Å². The van der Waals surface area contributed by atoms with E-state index in [4.69, 9.17) is 0 Å². The highest BCUT2D eigenvalue weighted by molar-refractivity contribution is 6.09. The largest absolute Gasteiger partial charge is 0.299 e. The summed E-state index contributed by atoms with van der Waals surface area (Å²) in [6, 6.07) is 8.87. The second-order valence-corrected chi connectivity index (χ2v) is 8.12. The van der Waals surface area contributed by atoms with Crippen LogP contribution in [0.25, 0.3) is 11.3 Å². The Morgan fingerprint density at radius 3 is 2.69 bits per heavy atom. The number of ketones is 2. The standard InChI is InChI=1S/C22H20FNO2/c23-15-5-6-16-17(11-15)21(12-14-3-2-10-24-20(14)16)9-7-19(26)22(13-21)8-1-4-18(22)25/h2-3,5-6,10-11H,1,4,7-9,12-13H2/t21?,22-/m0/s1. The predicted molar refractivity (Wildman–Crippen MR) is 95.2 cm³/mol. The number of carbonyl (C=O) groups is 2. The lowest BCUT2D eigenvalue weighted by atomic mass is 9.54. The molecule has 0 aliphatic heterocycles. The first kappa shape index (κ1) is 15.9. The molecule has 1 unspecified atom stereocenters. The zero-order valence-corrected chi connectivity index (χ0v) is 14.6. The molecule has 3 nitrogen and oxygen atoms in total. The second-order valence-electron chi connectivity index (χ2n) is 8.12. The molecule has 1 heterocycles. The van der Waals surface area contributed by atoms with Gasteiger partial charge in [-0.25, -0.2) is 4.39 Å². The van der Waals surface area contributed by atoms with Crippen molar-refractivity contribution < 1.29 is 14.0 Å². The summed E-state index contributed by atoms with van der Waals surface area (Å²) in [5.74, 6) is -0.0803. The maximum Gasteiger partial charge on any atom is 0.146 e. The molecular formula is C22H20FNO2. The van der Waals surface area contributed by atoms with Crippen molar-refractivity contribution in [3.05, 3.63) is 53.5 Å². The van der Waals surface area contributed by atoms with Gasteiger partial charge >= 0.3 is 0 Å². The van der Waals surface area contributed by atoms with Crippen molar-refractivity contribution >= 4 is 11.6 Å². The Kier molecular flexibility index (Phi) is 3.25. The molecule has 3 aliphatic rings. The Bertz CT molecular complexity index is 953. The summed E-state index contributed by atoms with van der Waals surface area (Å²) in [7, 11) is 0. The molecule has 0 saturated heterocycles. The number of halogens is 1. The van der Waals surface area contributed by atoms with Crippen LogP contribution in [-0.4, -0.2) is 16.6 Å². The molecule has 4 heteroatoms. The molecule has 2 fully saturated rings. The van der Waals surface area contributed by atoms with Crippen molar-refractivity contribution in [1.29, 1.82) is 0 Å². The van der Waals surface area contributed by atoms with E-state index in [1.165, 1.54) is 6.07 Å². The number of fused-ring (bicyclic) bond motifs is 4. The summed E-state index contributed by atoms with van der Waals surface area (Å²) in [6.45, 7) is 0. The highest BCUT2D eigenvalue weighted by Gasteiger charge is 2.57. The number of Topliss-reactive ketones (excluding diaryl/α,β-unsaturated/α-hetero) is 2. The molecule has 2 spiro atoms. The quantitative estimate of drug-likeness (QED) is 0.671. The first-order chi connectivity index (χ1) is 12.5. The molecular weight excluding hydrogens is 329 g/mol. The van der Waals surface area contributed by atoms with Gasteiger partial charge in [0.2, 0.25) is 0 Å². The van der Waals surface area contributed by atoms with Crippen molar-refractivity contribution in [3.8, 4) is 11.3 Å². The van der Waals surface area contributed by atoms with Gasteiger partial charge in [0.1, 0.15) is 17.4 Å². The van der Waals surface area contributed by atoms with Gasteiger partial charge < -0.3 is 0 Å². The second kappa shape index (κ2) is 5.32. The monoisotopic (exact) mass is 349 g/mol. The Balaban J connectivity index is 1.71. The molecule has 0 amide bonds. The van der Waals surface area contributed by atoms with Crippen LogP contribution in [0.15, 0.2) is 36.5 Å². The highest BCUT2D eigenvalue weighted by atomic mass is 19.1. The van der Waals surface area contributed by atoms with Gasteiger partial charge in [0, 0.05) is 30.0 Å². The number of pyridine rings is 1. The number of aromatic nitrogens is 1. The van der Waals surface area contributed by atoms with E-state index in [1.54, 1.807) is 18.3 Å². The minimum absolute atomic E-state index is 0.0940. The van der Waals surface area contributed by atoms with Gasteiger partial charge in [-0.05, 0) is 67.5 Å². The van der Waals surface area contributed by atoms with E-state index < -0.39 is 5.41 Å². The highest BCUT2D eigenvalue weighted by Crippen LogP contribution is 2.57. The lowest BCUT2D eigenvalue weighted by molar-refractivity contribution is -0.143. The first-order valence-corrected chi connectivity index (χ1v) is 9.35. The maximum atomic E-state index is 14.2. The van der Waals surface area contributed by atoms with Crippen LogP contribution < -0.4 is 0 Å². The van der Waals surface area contributed by atoms with Gasteiger partial charge in [0.05, 0.1) is 11.1 Å². The van der Waals surface area contributed by atoms with E-state index in [0.29, 0.717) is 32.1 Å². The molecule has 0 N–H and O–H groups in total. The maximum absolute atomic E-state index is 14.2. The van der Waals surface area contributed by atoms with E-state index in [9.17, 15) is 14.0 Å². The summed E-state index contributed by atoms with van der Waals surface area (Å²) in [5.41, 5.74) is 2.69. The third-order valence-corrected chi connectivity index (χ3v) is 6.77. The first-order valence-electron chi connectivity index (χ1n) is 9.35. The van der Waals surface area contributed by atoms with E-state index in [-0.39, 0.29) is 22.8 Å². The summed E-state index contributed by atoms with van der Waals surface area (Å²) in [6.07, 6.45) is 6.00. The fourth-order valence-electron chi connectivity index (χ4n) is 5.59. The molecule has 2 aromatic rings. The van der Waals surface area contributed by atoms with Gasteiger partial charge in [-0.15, -0.1) is 0 Å². The van der Waals surface area contributed by atoms with E-state index in [1.807, 2.05) is 6.07 Å². The number of benzene rings is 1. The Labute approximate surface area is 151 Å². The molecule has 2 saturated carbocycles. The van der Waals surface area contributed by atoms with Crippen LogP contribution in [0, 0.1) is 11.2 Å². The van der Waals surface area contributed by atoms with Gasteiger partial charge in [-0.3, -0.25) is 14.6 Å². The van der Waals surface area contributed by atoms with Crippen molar-refractivity contribution in [2.45, 2.75) is 50.4 Å². The van der Waals surface area contributed by atoms with Crippen molar-refractivity contribution in [1.82, 2.24) is 4.98 Å². The van der Waals surface area contributed by atoms with Crippen LogP contribution in [-0.2, 0) is 21.4 Å². The Morgan fingerprint density at radius 2 is 1.88 bits per heavy atom. The zero-order chi connectivity index (χ0) is 17.9. The van der Waals surface area contributed by atoms with Crippen molar-refractivity contribution in [2.75, 3.05) is 0 Å². The fraction of sp³-hybridized carbons (Fsp3) is 0.409. The Morgan fingerprint density at radius 1 is 1.04 bits per heavy atom. The van der Waals surface area contributed by atoms with Gasteiger partial charge in [-0.1, -0.05) is 6.07 Å².